The standard InChI is InChI=1S/C16H16N6/c1-10-7-12(13-8-18-11(2)20-15(13)9-17-10)14-4-6-22-16(21-14)3-5-19-22/h3-8,10,17H,9H2,1-2H3/t10-/m1/s1. The molecule has 0 saturated heterocycles. The first-order chi connectivity index (χ1) is 10.7. The molecular weight excluding hydrogens is 276 g/mol. The summed E-state index contributed by atoms with van der Waals surface area (Å²) in [5.41, 5.74) is 4.86. The van der Waals surface area contributed by atoms with Crippen LogP contribution in [0, 0.1) is 6.92 Å². The summed E-state index contributed by atoms with van der Waals surface area (Å²) in [6.45, 7) is 4.77. The fourth-order valence-corrected chi connectivity index (χ4v) is 2.72. The summed E-state index contributed by atoms with van der Waals surface area (Å²) in [5.74, 6) is 0.786. The second-order valence-corrected chi connectivity index (χ2v) is 5.47. The third-order valence-electron chi connectivity index (χ3n) is 3.82. The van der Waals surface area contributed by atoms with Crippen LogP contribution in [0.5, 0.6) is 0 Å². The monoisotopic (exact) mass is 292 g/mol. The van der Waals surface area contributed by atoms with Gasteiger partial charge in [0.15, 0.2) is 5.65 Å². The quantitative estimate of drug-likeness (QED) is 0.740. The van der Waals surface area contributed by atoms with Crippen molar-refractivity contribution in [3.8, 4) is 0 Å². The molecule has 0 saturated carbocycles. The van der Waals surface area contributed by atoms with Crippen LogP contribution in [0.15, 0.2) is 36.8 Å². The SMILES string of the molecule is Cc1ncc2c(n1)CN[C@H](C)C=C2c1ccn2nccc2n1. The maximum absolute atomic E-state index is 4.71. The normalized spacial score (nSPS) is 17.9. The van der Waals surface area contributed by atoms with Crippen LogP contribution < -0.4 is 5.32 Å². The summed E-state index contributed by atoms with van der Waals surface area (Å²) < 4.78 is 1.76. The fourth-order valence-electron chi connectivity index (χ4n) is 2.72. The topological polar surface area (TPSA) is 68.0 Å². The molecule has 3 aromatic heterocycles. The van der Waals surface area contributed by atoms with E-state index in [0.717, 1.165) is 40.5 Å². The Morgan fingerprint density at radius 3 is 3.09 bits per heavy atom. The molecule has 0 aliphatic carbocycles. The van der Waals surface area contributed by atoms with Crippen molar-refractivity contribution in [1.82, 2.24) is 29.9 Å². The van der Waals surface area contributed by atoms with E-state index in [2.05, 4.69) is 33.4 Å². The predicted octanol–water partition coefficient (Wildman–Crippen LogP) is 1.75. The van der Waals surface area contributed by atoms with Crippen LogP contribution in [0.2, 0.25) is 0 Å². The van der Waals surface area contributed by atoms with E-state index in [1.165, 1.54) is 0 Å². The van der Waals surface area contributed by atoms with Gasteiger partial charge in [-0.2, -0.15) is 5.10 Å². The Labute approximate surface area is 127 Å². The lowest BCUT2D eigenvalue weighted by Gasteiger charge is -2.10. The predicted molar refractivity (Wildman–Crippen MR) is 83.1 cm³/mol. The van der Waals surface area contributed by atoms with Crippen molar-refractivity contribution in [2.75, 3.05) is 0 Å². The van der Waals surface area contributed by atoms with Gasteiger partial charge in [0.2, 0.25) is 0 Å². The molecule has 0 spiro atoms. The lowest BCUT2D eigenvalue weighted by atomic mass is 10.0. The molecule has 22 heavy (non-hydrogen) atoms. The number of fused-ring (bicyclic) bond motifs is 2. The number of hydrogen-bond acceptors (Lipinski definition) is 5. The van der Waals surface area contributed by atoms with Gasteiger partial charge in [-0.05, 0) is 19.9 Å². The van der Waals surface area contributed by atoms with E-state index >= 15 is 0 Å². The summed E-state index contributed by atoms with van der Waals surface area (Å²) in [6.07, 6.45) is 7.75. The Kier molecular flexibility index (Phi) is 2.97. The Balaban J connectivity index is 1.91. The summed E-state index contributed by atoms with van der Waals surface area (Å²) in [7, 11) is 0. The van der Waals surface area contributed by atoms with Gasteiger partial charge in [0.1, 0.15) is 5.82 Å². The van der Waals surface area contributed by atoms with Crippen molar-refractivity contribution >= 4 is 11.2 Å². The minimum atomic E-state index is 0.243. The van der Waals surface area contributed by atoms with E-state index in [9.17, 15) is 0 Å². The Hall–Kier alpha value is -2.60. The molecule has 110 valence electrons. The molecule has 0 radical (unpaired) electrons. The van der Waals surface area contributed by atoms with E-state index in [1.54, 1.807) is 10.7 Å². The van der Waals surface area contributed by atoms with Crippen LogP contribution in [0.25, 0.3) is 11.2 Å². The molecule has 0 unspecified atom stereocenters. The summed E-state index contributed by atoms with van der Waals surface area (Å²) in [5, 5.41) is 7.64. The second kappa shape index (κ2) is 4.99. The Morgan fingerprint density at radius 2 is 2.18 bits per heavy atom. The molecule has 0 bridgehead atoms. The van der Waals surface area contributed by atoms with Crippen molar-refractivity contribution in [3.63, 3.8) is 0 Å². The minimum Gasteiger partial charge on any atom is -0.305 e. The first kappa shape index (κ1) is 13.1. The van der Waals surface area contributed by atoms with E-state index in [0.29, 0.717) is 0 Å². The maximum atomic E-state index is 4.71. The van der Waals surface area contributed by atoms with Crippen molar-refractivity contribution in [3.05, 3.63) is 59.6 Å². The molecule has 6 heteroatoms. The summed E-state index contributed by atoms with van der Waals surface area (Å²) >= 11 is 0. The molecule has 0 amide bonds. The zero-order chi connectivity index (χ0) is 15.1. The van der Waals surface area contributed by atoms with Crippen molar-refractivity contribution in [2.24, 2.45) is 0 Å². The molecule has 1 N–H and O–H groups in total. The number of hydrogen-bond donors (Lipinski definition) is 1. The van der Waals surface area contributed by atoms with Crippen molar-refractivity contribution < 1.29 is 0 Å². The van der Waals surface area contributed by atoms with Crippen molar-refractivity contribution in [1.29, 1.82) is 0 Å². The molecular formula is C16H16N6. The first-order valence-electron chi connectivity index (χ1n) is 7.29. The largest absolute Gasteiger partial charge is 0.305 e. The molecule has 1 aliphatic rings. The van der Waals surface area contributed by atoms with Crippen LogP contribution in [-0.2, 0) is 6.54 Å². The first-order valence-corrected chi connectivity index (χ1v) is 7.29. The van der Waals surface area contributed by atoms with Gasteiger partial charge in [0.05, 0.1) is 17.6 Å². The number of nitrogens with zero attached hydrogens (tertiary/aromatic N) is 5. The van der Waals surface area contributed by atoms with E-state index in [4.69, 9.17) is 4.98 Å². The van der Waals surface area contributed by atoms with Gasteiger partial charge >= 0.3 is 0 Å². The molecule has 6 nitrogen and oxygen atoms in total. The van der Waals surface area contributed by atoms with Crippen LogP contribution in [-0.4, -0.2) is 30.6 Å². The highest BCUT2D eigenvalue weighted by molar-refractivity contribution is 5.80. The average molecular weight is 292 g/mol. The van der Waals surface area contributed by atoms with Crippen LogP contribution in [0.3, 0.4) is 0 Å². The third kappa shape index (κ3) is 2.17. The van der Waals surface area contributed by atoms with Gasteiger partial charge in [-0.1, -0.05) is 6.08 Å². The van der Waals surface area contributed by atoms with E-state index in [-0.39, 0.29) is 6.04 Å². The number of aryl methyl sites for hydroxylation is 1. The lowest BCUT2D eigenvalue weighted by molar-refractivity contribution is 0.627. The maximum Gasteiger partial charge on any atom is 0.155 e. The van der Waals surface area contributed by atoms with Gasteiger partial charge in [-0.15, -0.1) is 0 Å². The third-order valence-corrected chi connectivity index (χ3v) is 3.82. The Morgan fingerprint density at radius 1 is 1.27 bits per heavy atom. The van der Waals surface area contributed by atoms with Gasteiger partial charge < -0.3 is 5.32 Å². The zero-order valence-electron chi connectivity index (χ0n) is 12.5. The van der Waals surface area contributed by atoms with Gasteiger partial charge in [-0.25, -0.2) is 19.5 Å². The number of aromatic nitrogens is 5. The molecule has 4 heterocycles. The highest BCUT2D eigenvalue weighted by Crippen LogP contribution is 2.26. The second-order valence-electron chi connectivity index (χ2n) is 5.47. The molecule has 1 aliphatic heterocycles. The zero-order valence-corrected chi connectivity index (χ0v) is 12.5. The number of rotatable bonds is 1. The molecule has 0 fully saturated rings. The van der Waals surface area contributed by atoms with E-state index in [1.807, 2.05) is 31.5 Å². The van der Waals surface area contributed by atoms with Crippen molar-refractivity contribution in [2.45, 2.75) is 26.4 Å². The van der Waals surface area contributed by atoms with Crippen LogP contribution in [0.1, 0.15) is 29.7 Å². The summed E-state index contributed by atoms with van der Waals surface area (Å²) in [6, 6.07) is 4.12. The molecule has 0 aromatic carbocycles. The molecule has 4 rings (SSSR count). The number of nitrogens with one attached hydrogen (secondary N) is 1. The highest BCUT2D eigenvalue weighted by atomic mass is 15.2. The van der Waals surface area contributed by atoms with Crippen LogP contribution in [0.4, 0.5) is 0 Å². The minimum absolute atomic E-state index is 0.243. The lowest BCUT2D eigenvalue weighted by Crippen LogP contribution is -2.22. The van der Waals surface area contributed by atoms with Crippen LogP contribution >= 0.6 is 0 Å². The van der Waals surface area contributed by atoms with Gasteiger partial charge in [0.25, 0.3) is 0 Å². The highest BCUT2D eigenvalue weighted by Gasteiger charge is 2.18. The summed E-state index contributed by atoms with van der Waals surface area (Å²) in [4.78, 5) is 13.6. The van der Waals surface area contributed by atoms with E-state index < -0.39 is 0 Å². The Bertz CT molecular complexity index is 879. The molecule has 1 atom stereocenters. The van der Waals surface area contributed by atoms with Gasteiger partial charge in [-0.3, -0.25) is 0 Å². The fraction of sp³-hybridized carbons (Fsp3) is 0.250. The van der Waals surface area contributed by atoms with Gasteiger partial charge in [0, 0.05) is 42.2 Å². The smallest absolute Gasteiger partial charge is 0.155 e. The molecule has 3 aromatic rings. The average Bonchev–Trinajstić information content (AvgIpc) is 2.92.